The van der Waals surface area contributed by atoms with E-state index in [4.69, 9.17) is 17.4 Å². The van der Waals surface area contributed by atoms with Crippen LogP contribution in [0.3, 0.4) is 0 Å². The van der Waals surface area contributed by atoms with E-state index >= 15 is 0 Å². The van der Waals surface area contributed by atoms with Crippen molar-refractivity contribution in [1.29, 1.82) is 0 Å². The fraction of sp³-hybridized carbons (Fsp3) is 0.700. The minimum absolute atomic E-state index is 0.295. The van der Waals surface area contributed by atoms with Crippen LogP contribution in [0.15, 0.2) is 0 Å². The Morgan fingerprint density at radius 3 is 2.44 bits per heavy atom. The van der Waals surface area contributed by atoms with Gasteiger partial charge in [-0.05, 0) is 13.3 Å². The zero-order valence-corrected chi connectivity index (χ0v) is 10.9. The number of rotatable bonds is 5. The van der Waals surface area contributed by atoms with Gasteiger partial charge in [0.2, 0.25) is 0 Å². The molecule has 8 heteroatoms. The molecular formula is C10H16ClF3N4. The minimum atomic E-state index is -4.42. The molecule has 0 aromatic carbocycles. The van der Waals surface area contributed by atoms with Gasteiger partial charge in [0.25, 0.3) is 0 Å². The highest BCUT2D eigenvalue weighted by atomic mass is 35.5. The Labute approximate surface area is 108 Å². The third kappa shape index (κ3) is 3.15. The quantitative estimate of drug-likeness (QED) is 0.643. The van der Waals surface area contributed by atoms with Crippen LogP contribution in [-0.2, 0) is 19.4 Å². The Bertz CT molecular complexity index is 403. The molecule has 104 valence electrons. The number of nitrogens with two attached hydrogens (primary N) is 1. The zero-order chi connectivity index (χ0) is 13.9. The van der Waals surface area contributed by atoms with E-state index in [0.29, 0.717) is 29.4 Å². The van der Waals surface area contributed by atoms with E-state index in [0.717, 1.165) is 0 Å². The molecule has 0 fully saturated rings. The topological polar surface area (TPSA) is 55.9 Å². The molecule has 1 atom stereocenters. The summed E-state index contributed by atoms with van der Waals surface area (Å²) in [5.74, 6) is 4.94. The molecule has 1 rings (SSSR count). The van der Waals surface area contributed by atoms with Crippen LogP contribution in [0.4, 0.5) is 13.2 Å². The molecule has 0 aliphatic heterocycles. The van der Waals surface area contributed by atoms with Gasteiger partial charge in [-0.15, -0.1) is 0 Å². The normalized spacial score (nSPS) is 13.9. The molecule has 0 bridgehead atoms. The van der Waals surface area contributed by atoms with Crippen LogP contribution in [0.2, 0.25) is 5.02 Å². The van der Waals surface area contributed by atoms with Crippen molar-refractivity contribution in [3.05, 3.63) is 16.4 Å². The lowest BCUT2D eigenvalue weighted by atomic mass is 10.1. The van der Waals surface area contributed by atoms with Crippen molar-refractivity contribution in [3.63, 3.8) is 0 Å². The Kier molecular flexibility index (Phi) is 5.01. The predicted octanol–water partition coefficient (Wildman–Crippen LogP) is 2.06. The Morgan fingerprint density at radius 1 is 1.44 bits per heavy atom. The smallest absolute Gasteiger partial charge is 0.271 e. The van der Waals surface area contributed by atoms with E-state index < -0.39 is 12.2 Å². The van der Waals surface area contributed by atoms with Gasteiger partial charge in [-0.2, -0.15) is 18.3 Å². The highest BCUT2D eigenvalue weighted by molar-refractivity contribution is 6.31. The summed E-state index contributed by atoms with van der Waals surface area (Å²) in [7, 11) is 0. The summed E-state index contributed by atoms with van der Waals surface area (Å²) in [5, 5.41) is 4.46. The molecule has 0 radical (unpaired) electrons. The first-order valence-electron chi connectivity index (χ1n) is 5.61. The maximum absolute atomic E-state index is 12.6. The second-order valence-electron chi connectivity index (χ2n) is 3.84. The monoisotopic (exact) mass is 284 g/mol. The zero-order valence-electron chi connectivity index (χ0n) is 10.2. The molecule has 0 saturated carbocycles. The molecule has 0 aliphatic carbocycles. The lowest BCUT2D eigenvalue weighted by Gasteiger charge is -2.19. The number of hydrogen-bond acceptors (Lipinski definition) is 3. The van der Waals surface area contributed by atoms with Crippen LogP contribution in [0.25, 0.3) is 0 Å². The number of hydrazine groups is 1. The second kappa shape index (κ2) is 5.90. The maximum atomic E-state index is 12.6. The third-order valence-electron chi connectivity index (χ3n) is 2.69. The molecule has 1 unspecified atom stereocenters. The van der Waals surface area contributed by atoms with Gasteiger partial charge in [0, 0.05) is 13.0 Å². The third-order valence-corrected chi connectivity index (χ3v) is 3.12. The number of aromatic nitrogens is 2. The largest absolute Gasteiger partial charge is 0.405 e. The van der Waals surface area contributed by atoms with Crippen LogP contribution in [0, 0.1) is 0 Å². The molecule has 0 saturated heterocycles. The standard InChI is InChI=1S/C10H16ClF3N4/c1-3-6-9(11)7(18(4-2)17-6)5-8(16-15)10(12,13)14/h8,16H,3-5,15H2,1-2H3. The molecule has 0 spiro atoms. The van der Waals surface area contributed by atoms with Gasteiger partial charge in [0.15, 0.2) is 0 Å². The predicted molar refractivity (Wildman–Crippen MR) is 63.2 cm³/mol. The second-order valence-corrected chi connectivity index (χ2v) is 4.22. The van der Waals surface area contributed by atoms with E-state index in [2.05, 4.69) is 5.10 Å². The Morgan fingerprint density at radius 2 is 2.06 bits per heavy atom. The number of nitrogens with zero attached hydrogens (tertiary/aromatic N) is 2. The number of hydrogen-bond donors (Lipinski definition) is 2. The van der Waals surface area contributed by atoms with Gasteiger partial charge in [0.05, 0.1) is 16.4 Å². The number of nitrogens with one attached hydrogen (secondary N) is 1. The molecule has 1 aromatic rings. The average molecular weight is 285 g/mol. The molecule has 3 N–H and O–H groups in total. The molecule has 0 amide bonds. The summed E-state index contributed by atoms with van der Waals surface area (Å²) in [5.41, 5.74) is 2.73. The van der Waals surface area contributed by atoms with Crippen LogP contribution in [0.1, 0.15) is 25.2 Å². The highest BCUT2D eigenvalue weighted by Crippen LogP contribution is 2.27. The van der Waals surface area contributed by atoms with Crippen LogP contribution >= 0.6 is 11.6 Å². The highest BCUT2D eigenvalue weighted by Gasteiger charge is 2.40. The average Bonchev–Trinajstić information content (AvgIpc) is 2.60. The first-order valence-corrected chi connectivity index (χ1v) is 5.99. The fourth-order valence-electron chi connectivity index (χ4n) is 1.67. The van der Waals surface area contributed by atoms with Crippen molar-refractivity contribution >= 4 is 11.6 Å². The van der Waals surface area contributed by atoms with Crippen molar-refractivity contribution < 1.29 is 13.2 Å². The molecule has 1 heterocycles. The number of alkyl halides is 3. The van der Waals surface area contributed by atoms with E-state index in [1.165, 1.54) is 4.68 Å². The van der Waals surface area contributed by atoms with E-state index in [-0.39, 0.29) is 6.42 Å². The van der Waals surface area contributed by atoms with Crippen molar-refractivity contribution in [1.82, 2.24) is 15.2 Å². The van der Waals surface area contributed by atoms with E-state index in [9.17, 15) is 13.2 Å². The number of aryl methyl sites for hydroxylation is 2. The van der Waals surface area contributed by atoms with Crippen LogP contribution in [0.5, 0.6) is 0 Å². The lowest BCUT2D eigenvalue weighted by Crippen LogP contribution is -2.47. The molecule has 4 nitrogen and oxygen atoms in total. The summed E-state index contributed by atoms with van der Waals surface area (Å²) < 4.78 is 39.4. The molecule has 1 aromatic heterocycles. The summed E-state index contributed by atoms with van der Waals surface area (Å²) in [6.07, 6.45) is -4.18. The van der Waals surface area contributed by atoms with Gasteiger partial charge in [-0.3, -0.25) is 10.5 Å². The summed E-state index contributed by atoms with van der Waals surface area (Å²) >= 11 is 6.04. The van der Waals surface area contributed by atoms with Gasteiger partial charge < -0.3 is 0 Å². The van der Waals surface area contributed by atoms with Gasteiger partial charge in [0.1, 0.15) is 6.04 Å². The molecule has 18 heavy (non-hydrogen) atoms. The van der Waals surface area contributed by atoms with Crippen molar-refractivity contribution in [3.8, 4) is 0 Å². The first-order chi connectivity index (χ1) is 8.35. The van der Waals surface area contributed by atoms with Crippen molar-refractivity contribution in [2.75, 3.05) is 0 Å². The van der Waals surface area contributed by atoms with Gasteiger partial charge in [-0.25, -0.2) is 5.43 Å². The van der Waals surface area contributed by atoms with Crippen molar-refractivity contribution in [2.45, 2.75) is 45.5 Å². The Balaban J connectivity index is 3.05. The Hall–Kier alpha value is -0.790. The minimum Gasteiger partial charge on any atom is -0.271 e. The fourth-order valence-corrected chi connectivity index (χ4v) is 2.02. The summed E-state index contributed by atoms with van der Waals surface area (Å²) in [4.78, 5) is 0. The number of halogens is 4. The lowest BCUT2D eigenvalue weighted by molar-refractivity contribution is -0.155. The van der Waals surface area contributed by atoms with E-state index in [1.54, 1.807) is 12.3 Å². The van der Waals surface area contributed by atoms with Gasteiger partial charge in [-0.1, -0.05) is 18.5 Å². The molecule has 0 aliphatic rings. The van der Waals surface area contributed by atoms with Crippen LogP contribution in [-0.4, -0.2) is 22.0 Å². The van der Waals surface area contributed by atoms with Crippen molar-refractivity contribution in [2.24, 2.45) is 5.84 Å². The summed E-state index contributed by atoms with van der Waals surface area (Å²) in [6.45, 7) is 4.11. The van der Waals surface area contributed by atoms with Gasteiger partial charge >= 0.3 is 6.18 Å². The maximum Gasteiger partial charge on any atom is 0.405 e. The summed E-state index contributed by atoms with van der Waals surface area (Å²) in [6, 6.07) is -1.83. The first kappa shape index (κ1) is 15.3. The van der Waals surface area contributed by atoms with Crippen LogP contribution < -0.4 is 11.3 Å². The van der Waals surface area contributed by atoms with E-state index in [1.807, 2.05) is 6.92 Å². The molecular weight excluding hydrogens is 269 g/mol. The SMILES string of the molecule is CCc1nn(CC)c(CC(NN)C(F)(F)F)c1Cl.